The predicted molar refractivity (Wildman–Crippen MR) is 89.5 cm³/mol. The summed E-state index contributed by atoms with van der Waals surface area (Å²) in [6, 6.07) is 8.27. The van der Waals surface area contributed by atoms with Crippen molar-refractivity contribution in [1.82, 2.24) is 9.47 Å². The number of benzene rings is 1. The van der Waals surface area contributed by atoms with Gasteiger partial charge in [0.2, 0.25) is 0 Å². The average Bonchev–Trinajstić information content (AvgIpc) is 2.59. The summed E-state index contributed by atoms with van der Waals surface area (Å²) in [6.45, 7) is 0.849. The van der Waals surface area contributed by atoms with E-state index in [1.807, 2.05) is 26.2 Å². The standard InChI is InChI=1S/C17H22N2O.ClH/c1-18(2)11-12-7-6-10-15-16(17(12)20)13-8-4-5-9-14(13)19(15)3;/h4-5,8-9,12H,6-7,10-11H2,1-3H3;1H. The van der Waals surface area contributed by atoms with Crippen LogP contribution < -0.4 is 0 Å². The van der Waals surface area contributed by atoms with Crippen molar-refractivity contribution < 1.29 is 4.79 Å². The first-order valence-electron chi connectivity index (χ1n) is 7.35. The number of carbonyl (C=O) groups excluding carboxylic acids is 1. The van der Waals surface area contributed by atoms with Crippen LogP contribution in [0.2, 0.25) is 0 Å². The first-order valence-corrected chi connectivity index (χ1v) is 7.35. The van der Waals surface area contributed by atoms with E-state index in [2.05, 4.69) is 28.6 Å². The zero-order valence-corrected chi connectivity index (χ0v) is 13.7. The molecular weight excluding hydrogens is 284 g/mol. The third kappa shape index (κ3) is 2.72. The maximum Gasteiger partial charge on any atom is 0.169 e. The van der Waals surface area contributed by atoms with Crippen LogP contribution in [0.4, 0.5) is 0 Å². The van der Waals surface area contributed by atoms with E-state index in [1.54, 1.807) is 0 Å². The van der Waals surface area contributed by atoms with Gasteiger partial charge in [0.05, 0.1) is 0 Å². The molecule has 0 radical (unpaired) electrons. The van der Waals surface area contributed by atoms with Crippen molar-refractivity contribution in [2.45, 2.75) is 19.3 Å². The smallest absolute Gasteiger partial charge is 0.169 e. The molecule has 1 aliphatic rings. The summed E-state index contributed by atoms with van der Waals surface area (Å²) in [5.74, 6) is 0.472. The van der Waals surface area contributed by atoms with Crippen LogP contribution in [0.15, 0.2) is 24.3 Å². The minimum absolute atomic E-state index is 0. The maximum absolute atomic E-state index is 13.0. The number of rotatable bonds is 2. The predicted octanol–water partition coefficient (Wildman–Crippen LogP) is 3.30. The number of aromatic nitrogens is 1. The molecule has 0 spiro atoms. The van der Waals surface area contributed by atoms with E-state index in [4.69, 9.17) is 0 Å². The molecule has 1 aliphatic carbocycles. The lowest BCUT2D eigenvalue weighted by molar-refractivity contribution is 0.0894. The molecule has 1 aromatic carbocycles. The lowest BCUT2D eigenvalue weighted by Crippen LogP contribution is -2.27. The van der Waals surface area contributed by atoms with Crippen LogP contribution in [-0.2, 0) is 13.5 Å². The topological polar surface area (TPSA) is 25.2 Å². The van der Waals surface area contributed by atoms with Gasteiger partial charge in [-0.2, -0.15) is 0 Å². The quantitative estimate of drug-likeness (QED) is 0.796. The van der Waals surface area contributed by atoms with Crippen LogP contribution in [0.25, 0.3) is 10.9 Å². The normalized spacial score (nSPS) is 18.5. The Bertz CT molecular complexity index is 660. The van der Waals surface area contributed by atoms with Gasteiger partial charge in [0, 0.05) is 41.7 Å². The van der Waals surface area contributed by atoms with Gasteiger partial charge in [-0.3, -0.25) is 4.79 Å². The molecule has 2 aromatic rings. The van der Waals surface area contributed by atoms with E-state index in [0.29, 0.717) is 5.78 Å². The van der Waals surface area contributed by atoms with Gasteiger partial charge in [-0.1, -0.05) is 18.2 Å². The zero-order valence-electron chi connectivity index (χ0n) is 12.9. The molecule has 0 aliphatic heterocycles. The van der Waals surface area contributed by atoms with E-state index < -0.39 is 0 Å². The van der Waals surface area contributed by atoms with E-state index in [0.717, 1.165) is 36.8 Å². The highest BCUT2D eigenvalue weighted by Gasteiger charge is 2.29. The highest BCUT2D eigenvalue weighted by atomic mass is 35.5. The van der Waals surface area contributed by atoms with Crippen molar-refractivity contribution in [3.05, 3.63) is 35.5 Å². The number of halogens is 1. The minimum Gasteiger partial charge on any atom is -0.347 e. The molecule has 0 fully saturated rings. The Morgan fingerprint density at radius 2 is 2.00 bits per heavy atom. The number of carbonyl (C=O) groups is 1. The first-order chi connectivity index (χ1) is 9.59. The molecule has 0 saturated carbocycles. The maximum atomic E-state index is 13.0. The van der Waals surface area contributed by atoms with Gasteiger partial charge >= 0.3 is 0 Å². The summed E-state index contributed by atoms with van der Waals surface area (Å²) in [5, 5.41) is 1.13. The van der Waals surface area contributed by atoms with Crippen molar-refractivity contribution in [2.24, 2.45) is 13.0 Å². The Hall–Kier alpha value is -1.32. The van der Waals surface area contributed by atoms with E-state index >= 15 is 0 Å². The number of hydrogen-bond acceptors (Lipinski definition) is 2. The van der Waals surface area contributed by atoms with Crippen molar-refractivity contribution in [3.63, 3.8) is 0 Å². The Morgan fingerprint density at radius 1 is 1.29 bits per heavy atom. The molecule has 21 heavy (non-hydrogen) atoms. The van der Waals surface area contributed by atoms with Crippen LogP contribution in [0.5, 0.6) is 0 Å². The molecule has 0 saturated heterocycles. The second-order valence-electron chi connectivity index (χ2n) is 6.11. The number of fused-ring (bicyclic) bond motifs is 3. The monoisotopic (exact) mass is 306 g/mol. The Balaban J connectivity index is 0.00000161. The minimum atomic E-state index is 0. The number of ketones is 1. The SMILES string of the molecule is CN(C)CC1CCCc2c(c3ccccc3n2C)C1=O.Cl. The fourth-order valence-corrected chi connectivity index (χ4v) is 3.48. The zero-order chi connectivity index (χ0) is 14.3. The number of para-hydroxylation sites is 1. The molecule has 3 nitrogen and oxygen atoms in total. The molecule has 0 amide bonds. The largest absolute Gasteiger partial charge is 0.347 e. The van der Waals surface area contributed by atoms with Crippen molar-refractivity contribution >= 4 is 29.1 Å². The average molecular weight is 307 g/mol. The number of hydrogen-bond donors (Lipinski definition) is 0. The molecule has 1 atom stereocenters. The van der Waals surface area contributed by atoms with Crippen LogP contribution in [0.1, 0.15) is 28.9 Å². The van der Waals surface area contributed by atoms with Gasteiger partial charge in [0.25, 0.3) is 0 Å². The Kier molecular flexibility index (Phi) is 4.74. The van der Waals surface area contributed by atoms with Crippen molar-refractivity contribution in [1.29, 1.82) is 0 Å². The van der Waals surface area contributed by atoms with Crippen LogP contribution in [0.3, 0.4) is 0 Å². The fraction of sp³-hybridized carbons (Fsp3) is 0.471. The van der Waals surface area contributed by atoms with Gasteiger partial charge in [-0.05, 0) is 39.4 Å². The summed E-state index contributed by atoms with van der Waals surface area (Å²) in [6.07, 6.45) is 3.11. The van der Waals surface area contributed by atoms with Crippen LogP contribution in [-0.4, -0.2) is 35.9 Å². The summed E-state index contributed by atoms with van der Waals surface area (Å²) >= 11 is 0. The first kappa shape index (κ1) is 16.1. The van der Waals surface area contributed by atoms with E-state index in [-0.39, 0.29) is 18.3 Å². The lowest BCUT2D eigenvalue weighted by atomic mass is 9.94. The third-order valence-electron chi connectivity index (χ3n) is 4.40. The highest BCUT2D eigenvalue weighted by molar-refractivity contribution is 6.10. The summed E-state index contributed by atoms with van der Waals surface area (Å²) in [5.41, 5.74) is 3.38. The summed E-state index contributed by atoms with van der Waals surface area (Å²) in [4.78, 5) is 15.1. The summed E-state index contributed by atoms with van der Waals surface area (Å²) in [7, 11) is 6.17. The second-order valence-corrected chi connectivity index (χ2v) is 6.11. The molecule has 4 heteroatoms. The van der Waals surface area contributed by atoms with Crippen molar-refractivity contribution in [3.8, 4) is 0 Å². The molecule has 114 valence electrons. The Morgan fingerprint density at radius 3 is 2.71 bits per heavy atom. The molecule has 1 aromatic heterocycles. The molecule has 0 bridgehead atoms. The van der Waals surface area contributed by atoms with E-state index in [1.165, 1.54) is 11.2 Å². The summed E-state index contributed by atoms with van der Waals surface area (Å²) < 4.78 is 2.21. The number of aryl methyl sites for hydroxylation is 1. The molecular formula is C17H23ClN2O. The molecule has 1 heterocycles. The van der Waals surface area contributed by atoms with Gasteiger partial charge in [0.1, 0.15) is 0 Å². The number of nitrogens with zero attached hydrogens (tertiary/aromatic N) is 2. The number of Topliss-reactive ketones (excluding diaryl/α,β-unsaturated/α-hetero) is 1. The van der Waals surface area contributed by atoms with Crippen LogP contribution in [0, 0.1) is 5.92 Å². The molecule has 1 unspecified atom stereocenters. The second kappa shape index (κ2) is 6.20. The highest BCUT2D eigenvalue weighted by Crippen LogP contribution is 2.32. The van der Waals surface area contributed by atoms with Crippen LogP contribution >= 0.6 is 12.4 Å². The van der Waals surface area contributed by atoms with Crippen molar-refractivity contribution in [2.75, 3.05) is 20.6 Å². The Labute approximate surface area is 132 Å². The van der Waals surface area contributed by atoms with Gasteiger partial charge in [-0.15, -0.1) is 12.4 Å². The third-order valence-corrected chi connectivity index (χ3v) is 4.40. The van der Waals surface area contributed by atoms with Gasteiger partial charge < -0.3 is 9.47 Å². The fourth-order valence-electron chi connectivity index (χ4n) is 3.48. The van der Waals surface area contributed by atoms with E-state index in [9.17, 15) is 4.79 Å². The molecule has 0 N–H and O–H groups in total. The lowest BCUT2D eigenvalue weighted by Gasteiger charge is -2.18. The van der Waals surface area contributed by atoms with Gasteiger partial charge in [-0.25, -0.2) is 0 Å². The van der Waals surface area contributed by atoms with Gasteiger partial charge in [0.15, 0.2) is 5.78 Å². The molecule has 3 rings (SSSR count).